The number of aromatic nitrogens is 1. The third-order valence-electron chi connectivity index (χ3n) is 10.1. The molecule has 4 aliphatic rings. The number of rotatable bonds is 7. The Bertz CT molecular complexity index is 1790. The Morgan fingerprint density at radius 3 is 2.65 bits per heavy atom. The minimum Gasteiger partial charge on any atom is -0.472 e. The number of hydrogen-bond donors (Lipinski definition) is 1. The van der Waals surface area contributed by atoms with Crippen LogP contribution in [0.25, 0.3) is 16.8 Å². The molecule has 2 aliphatic heterocycles. The molecule has 3 heterocycles. The van der Waals surface area contributed by atoms with Crippen molar-refractivity contribution in [2.24, 2.45) is 22.7 Å². The summed E-state index contributed by atoms with van der Waals surface area (Å²) in [5.74, 6) is -2.78. The van der Waals surface area contributed by atoms with Gasteiger partial charge in [-0.3, -0.25) is 23.9 Å². The molecule has 0 unspecified atom stereocenters. The molecule has 5 atom stereocenters. The molecule has 2 amide bonds. The largest absolute Gasteiger partial charge is 0.472 e. The Balaban J connectivity index is 1.33. The van der Waals surface area contributed by atoms with Gasteiger partial charge in [0.1, 0.15) is 6.10 Å². The molecule has 1 N–H and O–H groups in total. The van der Waals surface area contributed by atoms with Gasteiger partial charge >= 0.3 is 5.97 Å². The zero-order valence-electron chi connectivity index (χ0n) is 27.6. The van der Waals surface area contributed by atoms with Gasteiger partial charge in [0.15, 0.2) is 5.78 Å². The van der Waals surface area contributed by atoms with E-state index >= 15 is 0 Å². The predicted molar refractivity (Wildman–Crippen MR) is 179 cm³/mol. The van der Waals surface area contributed by atoms with Crippen molar-refractivity contribution < 1.29 is 37.1 Å². The fraction of sp³-hybridized carbons (Fsp3) is 0.528. The van der Waals surface area contributed by atoms with Gasteiger partial charge < -0.3 is 14.4 Å². The maximum Gasteiger partial charge on any atom is 0.306 e. The number of amides is 2. The van der Waals surface area contributed by atoms with Crippen LogP contribution in [-0.4, -0.2) is 72.4 Å². The van der Waals surface area contributed by atoms with E-state index in [-0.39, 0.29) is 56.4 Å². The van der Waals surface area contributed by atoms with Crippen molar-refractivity contribution in [1.82, 2.24) is 14.6 Å². The van der Waals surface area contributed by atoms with Crippen molar-refractivity contribution in [2.75, 3.05) is 13.2 Å². The van der Waals surface area contributed by atoms with Gasteiger partial charge in [0, 0.05) is 24.4 Å². The molecule has 0 spiro atoms. The quantitative estimate of drug-likeness (QED) is 0.333. The zero-order valence-corrected chi connectivity index (χ0v) is 28.5. The van der Waals surface area contributed by atoms with E-state index in [0.29, 0.717) is 25.1 Å². The number of carbonyl (C=O) groups excluding carboxylic acids is 4. The Labute approximate surface area is 281 Å². The molecule has 3 fully saturated rings. The number of ether oxygens (including phenoxy) is 2. The number of carbonyl (C=O) groups is 4. The highest BCUT2D eigenvalue weighted by atomic mass is 32.2. The topological polar surface area (TPSA) is 149 Å². The Morgan fingerprint density at radius 2 is 1.96 bits per heavy atom. The van der Waals surface area contributed by atoms with Crippen LogP contribution >= 0.6 is 0 Å². The van der Waals surface area contributed by atoms with Crippen molar-refractivity contribution in [3.8, 4) is 5.88 Å². The second-order valence-corrected chi connectivity index (χ2v) is 16.6. The second kappa shape index (κ2) is 12.8. The average molecular weight is 678 g/mol. The minimum absolute atomic E-state index is 0.0642. The first-order chi connectivity index (χ1) is 22.7. The molecule has 12 heteroatoms. The molecule has 2 aromatic rings. The second-order valence-electron chi connectivity index (χ2n) is 14.6. The van der Waals surface area contributed by atoms with Crippen LogP contribution in [0.3, 0.4) is 0 Å². The number of fused-ring (bicyclic) bond motifs is 3. The van der Waals surface area contributed by atoms with Crippen molar-refractivity contribution in [2.45, 2.75) is 83.1 Å². The maximum atomic E-state index is 14.4. The molecule has 1 saturated heterocycles. The van der Waals surface area contributed by atoms with Crippen LogP contribution in [0.5, 0.6) is 5.88 Å². The van der Waals surface area contributed by atoms with E-state index in [1.165, 1.54) is 4.90 Å². The van der Waals surface area contributed by atoms with Crippen LogP contribution in [-0.2, 0) is 33.9 Å². The van der Waals surface area contributed by atoms with E-state index in [1.54, 1.807) is 12.3 Å². The number of hydrogen-bond acceptors (Lipinski definition) is 9. The van der Waals surface area contributed by atoms with Gasteiger partial charge in [0.2, 0.25) is 27.7 Å². The molecule has 256 valence electrons. The van der Waals surface area contributed by atoms with Crippen LogP contribution in [0.2, 0.25) is 0 Å². The highest BCUT2D eigenvalue weighted by Crippen LogP contribution is 2.57. The normalized spacial score (nSPS) is 28.7. The molecule has 0 radical (unpaired) electrons. The molecule has 1 aromatic heterocycles. The van der Waals surface area contributed by atoms with Crippen LogP contribution in [0.4, 0.5) is 0 Å². The fourth-order valence-corrected chi connectivity index (χ4v) is 8.29. The Kier molecular flexibility index (Phi) is 8.99. The molecule has 2 saturated carbocycles. The van der Waals surface area contributed by atoms with Gasteiger partial charge in [0.25, 0.3) is 0 Å². The first-order valence-corrected chi connectivity index (χ1v) is 18.2. The molecular formula is C36H43N3O8S. The van der Waals surface area contributed by atoms with Crippen molar-refractivity contribution in [1.29, 1.82) is 0 Å². The van der Waals surface area contributed by atoms with E-state index in [0.717, 1.165) is 16.3 Å². The van der Waals surface area contributed by atoms with Gasteiger partial charge in [-0.05, 0) is 60.1 Å². The lowest BCUT2D eigenvalue weighted by Crippen LogP contribution is -2.48. The highest BCUT2D eigenvalue weighted by Gasteiger charge is 2.61. The molecule has 2 aliphatic carbocycles. The highest BCUT2D eigenvalue weighted by molar-refractivity contribution is 7.90. The SMILES string of the molecule is C=C[C@@H]1C[C@]1(CC(=O)[C@@H]1C[C@@H]2CN1C(=O)[C@H](C(C)(C)C)CC(=O)OCC/C=C/c1ccc3ccnc(c3c1)O2)C(=O)NS(=O)(=O)C1CC1. The number of pyridine rings is 1. The zero-order chi connectivity index (χ0) is 34.4. The van der Waals surface area contributed by atoms with Crippen LogP contribution < -0.4 is 9.46 Å². The summed E-state index contributed by atoms with van der Waals surface area (Å²) in [6.07, 6.45) is 7.93. The number of nitrogens with zero attached hydrogens (tertiary/aromatic N) is 2. The summed E-state index contributed by atoms with van der Waals surface area (Å²) < 4.78 is 39.5. The molecule has 48 heavy (non-hydrogen) atoms. The Hall–Kier alpha value is -4.06. The maximum absolute atomic E-state index is 14.4. The van der Waals surface area contributed by atoms with Crippen molar-refractivity contribution in [3.05, 3.63) is 54.8 Å². The van der Waals surface area contributed by atoms with Crippen molar-refractivity contribution in [3.63, 3.8) is 0 Å². The fourth-order valence-electron chi connectivity index (χ4n) is 6.90. The van der Waals surface area contributed by atoms with Gasteiger partial charge in [-0.2, -0.15) is 0 Å². The number of cyclic esters (lactones) is 1. The third-order valence-corrected chi connectivity index (χ3v) is 11.9. The summed E-state index contributed by atoms with van der Waals surface area (Å²) in [5.41, 5.74) is -1.01. The molecule has 4 bridgehead atoms. The van der Waals surface area contributed by atoms with Crippen LogP contribution in [0.1, 0.15) is 71.3 Å². The predicted octanol–water partition coefficient (Wildman–Crippen LogP) is 4.36. The Morgan fingerprint density at radius 1 is 1.19 bits per heavy atom. The first kappa shape index (κ1) is 33.8. The average Bonchev–Trinajstić information content (AvgIpc) is 3.95. The third kappa shape index (κ3) is 6.90. The van der Waals surface area contributed by atoms with E-state index in [2.05, 4.69) is 16.3 Å². The van der Waals surface area contributed by atoms with Gasteiger partial charge in [-0.1, -0.05) is 51.1 Å². The lowest BCUT2D eigenvalue weighted by molar-refractivity contribution is -0.153. The summed E-state index contributed by atoms with van der Waals surface area (Å²) in [7, 11) is -3.83. The van der Waals surface area contributed by atoms with E-state index in [9.17, 15) is 27.6 Å². The van der Waals surface area contributed by atoms with Crippen LogP contribution in [0.15, 0.2) is 49.2 Å². The number of ketones is 1. The summed E-state index contributed by atoms with van der Waals surface area (Å²) in [4.78, 5) is 61.1. The summed E-state index contributed by atoms with van der Waals surface area (Å²) >= 11 is 0. The summed E-state index contributed by atoms with van der Waals surface area (Å²) in [6.45, 7) is 9.62. The van der Waals surface area contributed by atoms with Crippen LogP contribution in [0, 0.1) is 22.7 Å². The number of sulfonamides is 1. The van der Waals surface area contributed by atoms with E-state index in [4.69, 9.17) is 9.47 Å². The lowest BCUT2D eigenvalue weighted by atomic mass is 9.77. The molecular weight excluding hydrogens is 634 g/mol. The molecule has 6 rings (SSSR count). The van der Waals surface area contributed by atoms with Gasteiger partial charge in [0.05, 0.1) is 42.2 Å². The number of Topliss-reactive ketones (excluding diaryl/α,β-unsaturated/α-hetero) is 1. The van der Waals surface area contributed by atoms with Gasteiger partial charge in [-0.15, -0.1) is 6.58 Å². The first-order valence-electron chi connectivity index (χ1n) is 16.6. The minimum atomic E-state index is -3.83. The lowest BCUT2D eigenvalue weighted by Gasteiger charge is -2.34. The summed E-state index contributed by atoms with van der Waals surface area (Å²) in [6, 6.07) is 6.79. The van der Waals surface area contributed by atoms with E-state index < -0.39 is 56.0 Å². The number of benzene rings is 1. The number of esters is 1. The molecule has 1 aromatic carbocycles. The van der Waals surface area contributed by atoms with Crippen molar-refractivity contribution >= 4 is 50.4 Å². The number of nitrogens with one attached hydrogen (secondary N) is 1. The van der Waals surface area contributed by atoms with E-state index in [1.807, 2.05) is 57.2 Å². The number of allylic oxidation sites excluding steroid dienone is 1. The standard InChI is InChI=1S/C36H43N3O8S/c1-5-24-19-36(24,34(43)38-48(44,45)26-11-12-26)20-30(40)29-17-25-21-39(29)33(42)28(35(2,3)4)18-31(41)46-15-7-6-8-22-9-10-23-13-14-37-32(47-25)27(23)16-22/h5-6,8-10,13-14,16,24-26,28-29H,1,7,11-12,15,17-21H2,2-4H3,(H,38,43)/b8-6+/t24-,25-,28-,29+,36-/m1/s1. The smallest absolute Gasteiger partial charge is 0.306 e. The monoisotopic (exact) mass is 677 g/mol. The summed E-state index contributed by atoms with van der Waals surface area (Å²) in [5, 5.41) is 1.09. The molecule has 11 nitrogen and oxygen atoms in total. The van der Waals surface area contributed by atoms with Gasteiger partial charge in [-0.25, -0.2) is 13.4 Å².